The molecule has 0 saturated heterocycles. The highest BCUT2D eigenvalue weighted by Gasteiger charge is 2.02. The van der Waals surface area contributed by atoms with Gasteiger partial charge in [0.05, 0.1) is 22.9 Å². The maximum Gasteiger partial charge on any atom is 0.0723 e. The third kappa shape index (κ3) is 2.82. The van der Waals surface area contributed by atoms with Gasteiger partial charge in [-0.05, 0) is 12.1 Å². The Balaban J connectivity index is 3.01. The zero-order valence-corrected chi connectivity index (χ0v) is 8.33. The lowest BCUT2D eigenvalue weighted by molar-refractivity contribution is 0.307. The van der Waals surface area contributed by atoms with Gasteiger partial charge in [0.15, 0.2) is 0 Å². The van der Waals surface area contributed by atoms with Gasteiger partial charge in [-0.1, -0.05) is 18.2 Å². The third-order valence-corrected chi connectivity index (χ3v) is 3.44. The predicted octanol–water partition coefficient (Wildman–Crippen LogP) is 1.14. The first-order valence-electron chi connectivity index (χ1n) is 4.00. The fourth-order valence-electron chi connectivity index (χ4n) is 0.963. The molecule has 3 nitrogen and oxygen atoms in total. The van der Waals surface area contributed by atoms with Crippen molar-refractivity contribution in [2.45, 2.75) is 4.90 Å². The van der Waals surface area contributed by atoms with Crippen molar-refractivity contribution >= 4 is 9.73 Å². The van der Waals surface area contributed by atoms with Crippen LogP contribution in [-0.4, -0.2) is 28.7 Å². The molecule has 0 aliphatic heterocycles. The Morgan fingerprint density at radius 3 is 2.54 bits per heavy atom. The second-order valence-corrected chi connectivity index (χ2v) is 5.03. The molecule has 4 heteroatoms. The summed E-state index contributed by atoms with van der Waals surface area (Å²) in [6.45, 7) is 0.169. The van der Waals surface area contributed by atoms with Crippen LogP contribution in [0.2, 0.25) is 0 Å². The van der Waals surface area contributed by atoms with Crippen molar-refractivity contribution in [1.29, 1.82) is 0 Å². The molecule has 0 amide bonds. The summed E-state index contributed by atoms with van der Waals surface area (Å²) in [5.74, 6) is 0. The SMILES string of the molecule is CS(=O)(=NCCO)c1ccccc1. The highest BCUT2D eigenvalue weighted by molar-refractivity contribution is 7.93. The van der Waals surface area contributed by atoms with Gasteiger partial charge < -0.3 is 5.11 Å². The zero-order chi connectivity index (χ0) is 9.73. The van der Waals surface area contributed by atoms with Crippen LogP contribution in [0, 0.1) is 0 Å². The third-order valence-electron chi connectivity index (χ3n) is 1.62. The molecule has 1 N–H and O–H groups in total. The highest BCUT2D eigenvalue weighted by Crippen LogP contribution is 2.09. The molecule has 0 aromatic heterocycles. The van der Waals surface area contributed by atoms with Crippen LogP contribution in [0.4, 0.5) is 0 Å². The number of hydrogen-bond acceptors (Lipinski definition) is 3. The lowest BCUT2D eigenvalue weighted by atomic mass is 10.4. The summed E-state index contributed by atoms with van der Waals surface area (Å²) in [6, 6.07) is 9.08. The minimum absolute atomic E-state index is 0.0579. The molecule has 72 valence electrons. The first kappa shape index (κ1) is 10.2. The Bertz CT molecular complexity index is 366. The van der Waals surface area contributed by atoms with E-state index in [1.54, 1.807) is 18.4 Å². The first-order valence-corrected chi connectivity index (χ1v) is 5.93. The van der Waals surface area contributed by atoms with Crippen LogP contribution in [-0.2, 0) is 9.73 Å². The molecule has 0 saturated carbocycles. The maximum atomic E-state index is 11.9. The average molecular weight is 199 g/mol. The smallest absolute Gasteiger partial charge is 0.0723 e. The van der Waals surface area contributed by atoms with Gasteiger partial charge in [-0.2, -0.15) is 0 Å². The van der Waals surface area contributed by atoms with Crippen LogP contribution in [0.5, 0.6) is 0 Å². The quantitative estimate of drug-likeness (QED) is 0.793. The van der Waals surface area contributed by atoms with E-state index in [0.717, 1.165) is 0 Å². The summed E-state index contributed by atoms with van der Waals surface area (Å²) in [5, 5.41) is 8.56. The van der Waals surface area contributed by atoms with Gasteiger partial charge in [-0.3, -0.25) is 0 Å². The normalized spacial score (nSPS) is 14.9. The number of hydrogen-bond donors (Lipinski definition) is 1. The molecule has 0 heterocycles. The minimum atomic E-state index is -2.31. The number of rotatable bonds is 3. The van der Waals surface area contributed by atoms with Gasteiger partial charge in [0.2, 0.25) is 0 Å². The van der Waals surface area contributed by atoms with Gasteiger partial charge in [0.1, 0.15) is 0 Å². The molecule has 0 fully saturated rings. The van der Waals surface area contributed by atoms with Crippen molar-refractivity contribution in [3.63, 3.8) is 0 Å². The minimum Gasteiger partial charge on any atom is -0.394 e. The Hall–Kier alpha value is -0.870. The molecular weight excluding hydrogens is 186 g/mol. The molecule has 0 radical (unpaired) electrons. The van der Waals surface area contributed by atoms with Crippen LogP contribution in [0.1, 0.15) is 0 Å². The van der Waals surface area contributed by atoms with Crippen LogP contribution < -0.4 is 0 Å². The lowest BCUT2D eigenvalue weighted by Crippen LogP contribution is -2.00. The van der Waals surface area contributed by atoms with Crippen molar-refractivity contribution in [2.75, 3.05) is 19.4 Å². The molecule has 0 aliphatic carbocycles. The van der Waals surface area contributed by atoms with Gasteiger partial charge >= 0.3 is 0 Å². The Kier molecular flexibility index (Phi) is 3.45. The summed E-state index contributed by atoms with van der Waals surface area (Å²) in [6.07, 6.45) is 1.58. The van der Waals surface area contributed by atoms with Crippen molar-refractivity contribution in [2.24, 2.45) is 4.36 Å². The molecular formula is C9H13NO2S. The summed E-state index contributed by atoms with van der Waals surface area (Å²) in [4.78, 5) is 0.712. The van der Waals surface area contributed by atoms with Crippen molar-refractivity contribution < 1.29 is 9.32 Å². The van der Waals surface area contributed by atoms with E-state index in [2.05, 4.69) is 4.36 Å². The standard InChI is InChI=1S/C9H13NO2S/c1-13(12,10-7-8-11)9-5-3-2-4-6-9/h2-6,11H,7-8H2,1H3. The fraction of sp³-hybridized carbons (Fsp3) is 0.333. The fourth-order valence-corrected chi connectivity index (χ4v) is 2.20. The first-order chi connectivity index (χ1) is 6.17. The number of aliphatic hydroxyl groups is 1. The molecule has 1 unspecified atom stereocenters. The molecule has 13 heavy (non-hydrogen) atoms. The molecule has 0 spiro atoms. The Morgan fingerprint density at radius 1 is 1.38 bits per heavy atom. The van der Waals surface area contributed by atoms with E-state index in [0.29, 0.717) is 4.90 Å². The summed E-state index contributed by atoms with van der Waals surface area (Å²) < 4.78 is 15.8. The van der Waals surface area contributed by atoms with E-state index in [1.807, 2.05) is 18.2 Å². The van der Waals surface area contributed by atoms with E-state index in [9.17, 15) is 4.21 Å². The maximum absolute atomic E-state index is 11.9. The van der Waals surface area contributed by atoms with Crippen LogP contribution in [0.25, 0.3) is 0 Å². The summed E-state index contributed by atoms with van der Waals surface area (Å²) >= 11 is 0. The predicted molar refractivity (Wildman–Crippen MR) is 53.2 cm³/mol. The van der Waals surface area contributed by atoms with Gasteiger partial charge in [-0.25, -0.2) is 8.57 Å². The molecule has 0 aliphatic rings. The summed E-state index contributed by atoms with van der Waals surface area (Å²) in [7, 11) is -2.31. The molecule has 0 bridgehead atoms. The number of benzene rings is 1. The average Bonchev–Trinajstić information content (AvgIpc) is 2.16. The van der Waals surface area contributed by atoms with Crippen molar-refractivity contribution in [3.8, 4) is 0 Å². The van der Waals surface area contributed by atoms with Crippen LogP contribution in [0.15, 0.2) is 39.6 Å². The highest BCUT2D eigenvalue weighted by atomic mass is 32.2. The van der Waals surface area contributed by atoms with Crippen molar-refractivity contribution in [1.82, 2.24) is 0 Å². The van der Waals surface area contributed by atoms with Gasteiger partial charge in [0.25, 0.3) is 0 Å². The second kappa shape index (κ2) is 4.39. The zero-order valence-electron chi connectivity index (χ0n) is 7.51. The van der Waals surface area contributed by atoms with Crippen LogP contribution in [0.3, 0.4) is 0 Å². The topological polar surface area (TPSA) is 49.7 Å². The van der Waals surface area contributed by atoms with Crippen LogP contribution >= 0.6 is 0 Å². The van der Waals surface area contributed by atoms with E-state index < -0.39 is 9.73 Å². The Labute approximate surface area is 78.6 Å². The van der Waals surface area contributed by atoms with E-state index in [4.69, 9.17) is 5.11 Å². The second-order valence-electron chi connectivity index (χ2n) is 2.69. The summed E-state index contributed by atoms with van der Waals surface area (Å²) in [5.41, 5.74) is 0. The van der Waals surface area contributed by atoms with E-state index >= 15 is 0 Å². The van der Waals surface area contributed by atoms with Crippen molar-refractivity contribution in [3.05, 3.63) is 30.3 Å². The van der Waals surface area contributed by atoms with E-state index in [-0.39, 0.29) is 13.2 Å². The Morgan fingerprint density at radius 2 is 2.00 bits per heavy atom. The monoisotopic (exact) mass is 199 g/mol. The number of nitrogens with zero attached hydrogens (tertiary/aromatic N) is 1. The molecule has 1 atom stereocenters. The van der Waals surface area contributed by atoms with E-state index in [1.165, 1.54) is 0 Å². The number of aliphatic hydroxyl groups excluding tert-OH is 1. The molecule has 1 aromatic carbocycles. The molecule has 1 rings (SSSR count). The van der Waals surface area contributed by atoms with Gasteiger partial charge in [0, 0.05) is 11.2 Å². The largest absolute Gasteiger partial charge is 0.394 e. The molecule has 1 aromatic rings. The van der Waals surface area contributed by atoms with Gasteiger partial charge in [-0.15, -0.1) is 0 Å². The lowest BCUT2D eigenvalue weighted by Gasteiger charge is -2.02.